The molecule has 3 rings (SSSR count). The Morgan fingerprint density at radius 1 is 0.680 bits per heavy atom. The van der Waals surface area contributed by atoms with E-state index in [1.165, 1.54) is 22.3 Å². The van der Waals surface area contributed by atoms with E-state index in [2.05, 4.69) is 63.2 Å². The first kappa shape index (κ1) is 17.1. The van der Waals surface area contributed by atoms with Crippen LogP contribution in [0.3, 0.4) is 0 Å². The molecule has 0 atom stereocenters. The number of hydrogen-bond donors (Lipinski definition) is 0. The van der Waals surface area contributed by atoms with Crippen LogP contribution in [0.4, 0.5) is 0 Å². The van der Waals surface area contributed by atoms with Crippen molar-refractivity contribution in [2.24, 2.45) is 0 Å². The summed E-state index contributed by atoms with van der Waals surface area (Å²) >= 11 is 0. The normalized spacial score (nSPS) is 10.6. The van der Waals surface area contributed by atoms with Crippen molar-refractivity contribution in [3.63, 3.8) is 0 Å². The Kier molecular flexibility index (Phi) is 4.80. The smallest absolute Gasteiger partial charge is 0.130 e. The molecule has 0 heterocycles. The van der Waals surface area contributed by atoms with Gasteiger partial charge in [0.15, 0.2) is 0 Å². The van der Waals surface area contributed by atoms with Crippen LogP contribution in [0.5, 0.6) is 11.5 Å². The van der Waals surface area contributed by atoms with Gasteiger partial charge in [0.2, 0.25) is 0 Å². The molecule has 2 nitrogen and oxygen atoms in total. The first-order valence-corrected chi connectivity index (χ1v) is 8.45. The summed E-state index contributed by atoms with van der Waals surface area (Å²) < 4.78 is 11.2. The fourth-order valence-electron chi connectivity index (χ4n) is 3.31. The molecule has 0 amide bonds. The SMILES string of the molecule is COc1ccc(-c2cc(C)c(C)c(OC)c2-c2ccccc2)cc1C. The molecule has 3 aromatic rings. The fraction of sp³-hybridized carbons (Fsp3) is 0.217. The highest BCUT2D eigenvalue weighted by atomic mass is 16.5. The standard InChI is InChI=1S/C23H24O2/c1-15-14-20(19-11-12-21(24-4)16(2)13-19)22(23(25-5)17(15)3)18-9-7-6-8-10-18/h6-14H,1-5H3. The summed E-state index contributed by atoms with van der Waals surface area (Å²) in [4.78, 5) is 0. The van der Waals surface area contributed by atoms with Gasteiger partial charge in [0.1, 0.15) is 11.5 Å². The highest BCUT2D eigenvalue weighted by Gasteiger charge is 2.18. The highest BCUT2D eigenvalue weighted by molar-refractivity contribution is 5.89. The third kappa shape index (κ3) is 3.12. The van der Waals surface area contributed by atoms with Crippen molar-refractivity contribution in [2.45, 2.75) is 20.8 Å². The van der Waals surface area contributed by atoms with Crippen LogP contribution < -0.4 is 9.47 Å². The predicted molar refractivity (Wildman–Crippen MR) is 105 cm³/mol. The largest absolute Gasteiger partial charge is 0.496 e. The average Bonchev–Trinajstić information content (AvgIpc) is 2.64. The van der Waals surface area contributed by atoms with Crippen molar-refractivity contribution in [3.05, 3.63) is 71.3 Å². The van der Waals surface area contributed by atoms with Gasteiger partial charge in [-0.15, -0.1) is 0 Å². The second-order valence-electron chi connectivity index (χ2n) is 6.32. The van der Waals surface area contributed by atoms with Gasteiger partial charge in [-0.25, -0.2) is 0 Å². The molecular weight excluding hydrogens is 308 g/mol. The number of aryl methyl sites for hydroxylation is 2. The van der Waals surface area contributed by atoms with Crippen LogP contribution >= 0.6 is 0 Å². The Morgan fingerprint density at radius 2 is 1.40 bits per heavy atom. The molecule has 2 heteroatoms. The maximum absolute atomic E-state index is 5.82. The van der Waals surface area contributed by atoms with Gasteiger partial charge in [-0.3, -0.25) is 0 Å². The van der Waals surface area contributed by atoms with Crippen LogP contribution in [0.25, 0.3) is 22.3 Å². The Hall–Kier alpha value is -2.74. The number of benzene rings is 3. The van der Waals surface area contributed by atoms with E-state index in [0.29, 0.717) is 0 Å². The molecular formula is C23H24O2. The molecule has 0 N–H and O–H groups in total. The first-order chi connectivity index (χ1) is 12.1. The summed E-state index contributed by atoms with van der Waals surface area (Å²) in [6.45, 7) is 6.32. The minimum atomic E-state index is 0.904. The minimum Gasteiger partial charge on any atom is -0.496 e. The van der Waals surface area contributed by atoms with Crippen LogP contribution in [0.1, 0.15) is 16.7 Å². The van der Waals surface area contributed by atoms with E-state index in [9.17, 15) is 0 Å². The molecule has 3 aromatic carbocycles. The molecule has 0 bridgehead atoms. The number of ether oxygens (including phenoxy) is 2. The number of hydrogen-bond acceptors (Lipinski definition) is 2. The molecule has 0 aliphatic carbocycles. The third-order valence-corrected chi connectivity index (χ3v) is 4.76. The zero-order valence-corrected chi connectivity index (χ0v) is 15.5. The zero-order valence-electron chi connectivity index (χ0n) is 15.5. The third-order valence-electron chi connectivity index (χ3n) is 4.76. The quantitative estimate of drug-likeness (QED) is 0.586. The van der Waals surface area contributed by atoms with Crippen LogP contribution in [0, 0.1) is 20.8 Å². The summed E-state index contributed by atoms with van der Waals surface area (Å²) in [5.74, 6) is 1.84. The Bertz CT molecular complexity index is 896. The molecule has 0 saturated carbocycles. The molecule has 25 heavy (non-hydrogen) atoms. The van der Waals surface area contributed by atoms with E-state index in [4.69, 9.17) is 9.47 Å². The molecule has 0 aliphatic rings. The van der Waals surface area contributed by atoms with Crippen molar-refractivity contribution in [1.29, 1.82) is 0 Å². The zero-order chi connectivity index (χ0) is 18.0. The van der Waals surface area contributed by atoms with Crippen LogP contribution in [-0.2, 0) is 0 Å². The molecule has 128 valence electrons. The monoisotopic (exact) mass is 332 g/mol. The van der Waals surface area contributed by atoms with E-state index in [1.807, 2.05) is 12.1 Å². The lowest BCUT2D eigenvalue weighted by Gasteiger charge is -2.19. The summed E-state index contributed by atoms with van der Waals surface area (Å²) in [6.07, 6.45) is 0. The van der Waals surface area contributed by atoms with Gasteiger partial charge in [-0.2, -0.15) is 0 Å². The van der Waals surface area contributed by atoms with Crippen LogP contribution in [0.15, 0.2) is 54.6 Å². The van der Waals surface area contributed by atoms with Crippen molar-refractivity contribution in [3.8, 4) is 33.8 Å². The lowest BCUT2D eigenvalue weighted by Crippen LogP contribution is -1.98. The molecule has 0 fully saturated rings. The van der Waals surface area contributed by atoms with Gasteiger partial charge in [0, 0.05) is 5.56 Å². The average molecular weight is 332 g/mol. The van der Waals surface area contributed by atoms with Crippen LogP contribution in [0.2, 0.25) is 0 Å². The second-order valence-corrected chi connectivity index (χ2v) is 6.32. The summed E-state index contributed by atoms with van der Waals surface area (Å²) in [5.41, 5.74) is 8.16. The fourth-order valence-corrected chi connectivity index (χ4v) is 3.31. The van der Waals surface area contributed by atoms with Gasteiger partial charge in [0.25, 0.3) is 0 Å². The van der Waals surface area contributed by atoms with Gasteiger partial charge < -0.3 is 9.47 Å². The highest BCUT2D eigenvalue weighted by Crippen LogP contribution is 2.43. The lowest BCUT2D eigenvalue weighted by atomic mass is 9.89. The molecule has 0 aromatic heterocycles. The maximum Gasteiger partial charge on any atom is 0.130 e. The van der Waals surface area contributed by atoms with E-state index in [-0.39, 0.29) is 0 Å². The predicted octanol–water partition coefficient (Wildman–Crippen LogP) is 5.96. The van der Waals surface area contributed by atoms with Crippen LogP contribution in [-0.4, -0.2) is 14.2 Å². The molecule has 0 saturated heterocycles. The number of methoxy groups -OCH3 is 2. The summed E-state index contributed by atoms with van der Waals surface area (Å²) in [7, 11) is 3.45. The van der Waals surface area contributed by atoms with Crippen molar-refractivity contribution in [2.75, 3.05) is 14.2 Å². The summed E-state index contributed by atoms with van der Waals surface area (Å²) in [5, 5.41) is 0. The summed E-state index contributed by atoms with van der Waals surface area (Å²) in [6, 6.07) is 19.0. The Balaban J connectivity index is 2.33. The molecule has 0 radical (unpaired) electrons. The topological polar surface area (TPSA) is 18.5 Å². The van der Waals surface area contributed by atoms with Crippen molar-refractivity contribution in [1.82, 2.24) is 0 Å². The van der Waals surface area contributed by atoms with E-state index < -0.39 is 0 Å². The van der Waals surface area contributed by atoms with Gasteiger partial charge in [-0.05, 0) is 66.3 Å². The lowest BCUT2D eigenvalue weighted by molar-refractivity contribution is 0.411. The second kappa shape index (κ2) is 7.02. The first-order valence-electron chi connectivity index (χ1n) is 8.45. The van der Waals surface area contributed by atoms with Crippen molar-refractivity contribution < 1.29 is 9.47 Å². The van der Waals surface area contributed by atoms with E-state index in [0.717, 1.165) is 28.2 Å². The minimum absolute atomic E-state index is 0.904. The van der Waals surface area contributed by atoms with Gasteiger partial charge in [0.05, 0.1) is 14.2 Å². The van der Waals surface area contributed by atoms with Gasteiger partial charge in [-0.1, -0.05) is 42.5 Å². The Morgan fingerprint density at radius 3 is 2.00 bits per heavy atom. The Labute approximate surface area is 150 Å². The maximum atomic E-state index is 5.82. The molecule has 0 aliphatic heterocycles. The van der Waals surface area contributed by atoms with E-state index >= 15 is 0 Å². The van der Waals surface area contributed by atoms with Crippen molar-refractivity contribution >= 4 is 0 Å². The molecule has 0 spiro atoms. The number of rotatable bonds is 4. The van der Waals surface area contributed by atoms with Gasteiger partial charge >= 0.3 is 0 Å². The molecule has 0 unspecified atom stereocenters. The van der Waals surface area contributed by atoms with E-state index in [1.54, 1.807) is 14.2 Å².